The lowest BCUT2D eigenvalue weighted by molar-refractivity contribution is 0.101. The third-order valence-corrected chi connectivity index (χ3v) is 3.66. The van der Waals surface area contributed by atoms with Crippen molar-refractivity contribution in [3.8, 4) is 0 Å². The summed E-state index contributed by atoms with van der Waals surface area (Å²) in [4.78, 5) is 4.93. The van der Waals surface area contributed by atoms with E-state index in [2.05, 4.69) is 42.8 Å². The average molecular weight is 225 g/mol. The number of likely N-dealkylation sites (N-methyl/N-ethyl adjacent to an activating group) is 2. The van der Waals surface area contributed by atoms with Gasteiger partial charge in [0.1, 0.15) is 0 Å². The lowest BCUT2D eigenvalue weighted by atomic mass is 10.00. The quantitative estimate of drug-likeness (QED) is 0.685. The Hall–Kier alpha value is -0.380. The predicted octanol–water partition coefficient (Wildman–Crippen LogP) is 1.18. The van der Waals surface area contributed by atoms with Gasteiger partial charge in [-0.3, -0.25) is 0 Å². The zero-order valence-corrected chi connectivity index (χ0v) is 11.1. The van der Waals surface area contributed by atoms with Crippen molar-refractivity contribution >= 4 is 0 Å². The second-order valence-corrected chi connectivity index (χ2v) is 4.98. The Bertz CT molecular complexity index is 205. The van der Waals surface area contributed by atoms with Crippen LogP contribution in [-0.4, -0.2) is 62.7 Å². The molecule has 2 unspecified atom stereocenters. The topological polar surface area (TPSA) is 18.5 Å². The molecular weight excluding hydrogens is 198 g/mol. The lowest BCUT2D eigenvalue weighted by Crippen LogP contribution is -2.51. The van der Waals surface area contributed by atoms with Gasteiger partial charge in [0.05, 0.1) is 0 Å². The maximum atomic E-state index is 3.79. The summed E-state index contributed by atoms with van der Waals surface area (Å²) in [6.07, 6.45) is 5.57. The van der Waals surface area contributed by atoms with Crippen LogP contribution in [0.1, 0.15) is 19.3 Å². The molecule has 3 heteroatoms. The van der Waals surface area contributed by atoms with E-state index in [0.29, 0.717) is 12.1 Å². The molecular formula is C13H27N3. The molecule has 0 aromatic rings. The number of nitrogens with one attached hydrogen (secondary N) is 1. The van der Waals surface area contributed by atoms with Gasteiger partial charge in [-0.25, -0.2) is 0 Å². The molecule has 0 aromatic heterocycles. The van der Waals surface area contributed by atoms with E-state index in [1.165, 1.54) is 32.5 Å². The summed E-state index contributed by atoms with van der Waals surface area (Å²) < 4.78 is 0. The smallest absolute Gasteiger partial charge is 0.0235 e. The molecule has 16 heavy (non-hydrogen) atoms. The summed E-state index contributed by atoms with van der Waals surface area (Å²) in [7, 11) is 6.54. The molecule has 1 fully saturated rings. The standard InChI is InChI=1S/C13H27N3/c1-5-6-7-12(14-2)10-13-11-15(3)8-9-16(13)4/h5,12-14H,1,6-11H2,2-4H3. The first kappa shape index (κ1) is 13.7. The van der Waals surface area contributed by atoms with E-state index < -0.39 is 0 Å². The molecule has 0 bridgehead atoms. The summed E-state index contributed by atoms with van der Waals surface area (Å²) in [6.45, 7) is 7.38. The highest BCUT2D eigenvalue weighted by Gasteiger charge is 2.24. The van der Waals surface area contributed by atoms with Crippen molar-refractivity contribution in [2.75, 3.05) is 40.8 Å². The Kier molecular flexibility index (Phi) is 6.03. The fourth-order valence-electron chi connectivity index (χ4n) is 2.38. The fraction of sp³-hybridized carbons (Fsp3) is 0.846. The summed E-state index contributed by atoms with van der Waals surface area (Å²) in [6, 6.07) is 1.32. The van der Waals surface area contributed by atoms with Crippen LogP contribution in [0, 0.1) is 0 Å². The first-order chi connectivity index (χ1) is 7.67. The summed E-state index contributed by atoms with van der Waals surface area (Å²) in [5.41, 5.74) is 0. The first-order valence-corrected chi connectivity index (χ1v) is 6.34. The van der Waals surface area contributed by atoms with Gasteiger partial charge in [-0.2, -0.15) is 0 Å². The SMILES string of the molecule is C=CCCC(CC1CN(C)CCN1C)NC. The molecule has 1 heterocycles. The minimum atomic E-state index is 0.622. The van der Waals surface area contributed by atoms with Gasteiger partial charge in [0.15, 0.2) is 0 Å². The van der Waals surface area contributed by atoms with E-state index >= 15 is 0 Å². The Morgan fingerprint density at radius 3 is 2.81 bits per heavy atom. The number of nitrogens with zero attached hydrogens (tertiary/aromatic N) is 2. The Morgan fingerprint density at radius 2 is 2.19 bits per heavy atom. The maximum Gasteiger partial charge on any atom is 0.0235 e. The summed E-state index contributed by atoms with van der Waals surface area (Å²) in [5.74, 6) is 0. The van der Waals surface area contributed by atoms with Crippen LogP contribution in [-0.2, 0) is 0 Å². The highest BCUT2D eigenvalue weighted by Crippen LogP contribution is 2.14. The summed E-state index contributed by atoms with van der Waals surface area (Å²) >= 11 is 0. The predicted molar refractivity (Wildman–Crippen MR) is 70.8 cm³/mol. The van der Waals surface area contributed by atoms with Crippen molar-refractivity contribution in [2.24, 2.45) is 0 Å². The van der Waals surface area contributed by atoms with Gasteiger partial charge in [0.25, 0.3) is 0 Å². The fourth-order valence-corrected chi connectivity index (χ4v) is 2.38. The van der Waals surface area contributed by atoms with Crippen LogP contribution in [0.3, 0.4) is 0 Å². The van der Waals surface area contributed by atoms with Crippen molar-refractivity contribution in [1.82, 2.24) is 15.1 Å². The van der Waals surface area contributed by atoms with Crippen molar-refractivity contribution in [3.05, 3.63) is 12.7 Å². The third-order valence-electron chi connectivity index (χ3n) is 3.66. The zero-order chi connectivity index (χ0) is 12.0. The van der Waals surface area contributed by atoms with Crippen molar-refractivity contribution < 1.29 is 0 Å². The molecule has 1 rings (SSSR count). The van der Waals surface area contributed by atoms with E-state index in [4.69, 9.17) is 0 Å². The first-order valence-electron chi connectivity index (χ1n) is 6.34. The van der Waals surface area contributed by atoms with Crippen LogP contribution in [0.2, 0.25) is 0 Å². The second kappa shape index (κ2) is 7.05. The number of hydrogen-bond acceptors (Lipinski definition) is 3. The Labute approximate surface area is 100 Å². The van der Waals surface area contributed by atoms with Gasteiger partial charge in [-0.1, -0.05) is 6.08 Å². The van der Waals surface area contributed by atoms with Gasteiger partial charge in [-0.05, 0) is 40.4 Å². The largest absolute Gasteiger partial charge is 0.317 e. The molecule has 0 aliphatic carbocycles. The zero-order valence-electron chi connectivity index (χ0n) is 11.1. The maximum absolute atomic E-state index is 3.79. The average Bonchev–Trinajstić information content (AvgIpc) is 2.28. The van der Waals surface area contributed by atoms with Crippen molar-refractivity contribution in [3.63, 3.8) is 0 Å². The number of piperazine rings is 1. The molecule has 1 aliphatic heterocycles. The van der Waals surface area contributed by atoms with Gasteiger partial charge in [0.2, 0.25) is 0 Å². The van der Waals surface area contributed by atoms with Gasteiger partial charge < -0.3 is 15.1 Å². The molecule has 0 aromatic carbocycles. The van der Waals surface area contributed by atoms with E-state index in [-0.39, 0.29) is 0 Å². The Morgan fingerprint density at radius 1 is 1.44 bits per heavy atom. The molecule has 3 nitrogen and oxygen atoms in total. The third kappa shape index (κ3) is 4.24. The van der Waals surface area contributed by atoms with Gasteiger partial charge in [-0.15, -0.1) is 6.58 Å². The van der Waals surface area contributed by atoms with Crippen molar-refractivity contribution in [2.45, 2.75) is 31.3 Å². The molecule has 94 valence electrons. The molecule has 1 N–H and O–H groups in total. The van der Waals surface area contributed by atoms with E-state index in [0.717, 1.165) is 6.42 Å². The second-order valence-electron chi connectivity index (χ2n) is 4.98. The summed E-state index contributed by atoms with van der Waals surface area (Å²) in [5, 5.41) is 3.43. The van der Waals surface area contributed by atoms with Gasteiger partial charge in [0, 0.05) is 31.7 Å². The van der Waals surface area contributed by atoms with Crippen LogP contribution < -0.4 is 5.32 Å². The number of allylic oxidation sites excluding steroid dienone is 1. The van der Waals surface area contributed by atoms with E-state index in [1.54, 1.807) is 0 Å². The Balaban J connectivity index is 2.39. The van der Waals surface area contributed by atoms with Crippen LogP contribution in [0.4, 0.5) is 0 Å². The minimum Gasteiger partial charge on any atom is -0.317 e. The van der Waals surface area contributed by atoms with Crippen LogP contribution >= 0.6 is 0 Å². The van der Waals surface area contributed by atoms with E-state index in [1.807, 2.05) is 6.08 Å². The molecule has 0 amide bonds. The van der Waals surface area contributed by atoms with Gasteiger partial charge >= 0.3 is 0 Å². The molecule has 0 radical (unpaired) electrons. The molecule has 1 saturated heterocycles. The minimum absolute atomic E-state index is 0.622. The van der Waals surface area contributed by atoms with Crippen LogP contribution in [0.15, 0.2) is 12.7 Å². The van der Waals surface area contributed by atoms with E-state index in [9.17, 15) is 0 Å². The normalized spacial score (nSPS) is 25.6. The molecule has 2 atom stereocenters. The lowest BCUT2D eigenvalue weighted by Gasteiger charge is -2.39. The highest BCUT2D eigenvalue weighted by atomic mass is 15.3. The monoisotopic (exact) mass is 225 g/mol. The number of rotatable bonds is 6. The highest BCUT2D eigenvalue weighted by molar-refractivity contribution is 4.84. The molecule has 0 spiro atoms. The molecule has 0 saturated carbocycles. The molecule has 1 aliphatic rings. The van der Waals surface area contributed by atoms with Crippen LogP contribution in [0.25, 0.3) is 0 Å². The number of hydrogen-bond donors (Lipinski definition) is 1. The van der Waals surface area contributed by atoms with Crippen molar-refractivity contribution in [1.29, 1.82) is 0 Å². The van der Waals surface area contributed by atoms with Crippen LogP contribution in [0.5, 0.6) is 0 Å².